The van der Waals surface area contributed by atoms with Gasteiger partial charge in [-0.1, -0.05) is 51.1 Å². The first-order chi connectivity index (χ1) is 9.38. The minimum atomic E-state index is -0.802. The van der Waals surface area contributed by atoms with Gasteiger partial charge < -0.3 is 10.0 Å². The normalized spacial score (nSPS) is 20.9. The molecule has 0 radical (unpaired) electrons. The van der Waals surface area contributed by atoms with Crippen molar-refractivity contribution in [1.29, 1.82) is 0 Å². The molecule has 0 bridgehead atoms. The first-order valence-electron chi connectivity index (χ1n) is 7.14. The molecule has 1 aliphatic rings. The summed E-state index contributed by atoms with van der Waals surface area (Å²) in [4.78, 5) is 15.3. The van der Waals surface area contributed by atoms with Crippen LogP contribution in [-0.4, -0.2) is 46.7 Å². The lowest BCUT2D eigenvalue weighted by atomic mass is 9.84. The molecule has 1 fully saturated rings. The van der Waals surface area contributed by atoms with Crippen molar-refractivity contribution < 1.29 is 9.90 Å². The Kier molecular flexibility index (Phi) is 4.33. The molecule has 1 aromatic rings. The number of carbonyl (C=O) groups is 1. The number of benzene rings is 1. The van der Waals surface area contributed by atoms with Gasteiger partial charge in [0.25, 0.3) is 0 Å². The summed E-state index contributed by atoms with van der Waals surface area (Å²) in [5.74, 6) is 0. The topological polar surface area (TPSA) is 43.8 Å². The first-order valence-corrected chi connectivity index (χ1v) is 7.14. The lowest BCUT2D eigenvalue weighted by Crippen LogP contribution is -2.59. The van der Waals surface area contributed by atoms with Crippen LogP contribution >= 0.6 is 0 Å². The highest BCUT2D eigenvalue weighted by atomic mass is 16.4. The molecule has 1 amide bonds. The number of hydrogen-bond acceptors (Lipinski definition) is 2. The van der Waals surface area contributed by atoms with Crippen LogP contribution in [0, 0.1) is 5.41 Å². The maximum Gasteiger partial charge on any atom is 0.407 e. The third-order valence-electron chi connectivity index (χ3n) is 3.96. The maximum atomic E-state index is 11.4. The summed E-state index contributed by atoms with van der Waals surface area (Å²) in [6, 6.07) is 10.4. The number of rotatable bonds is 2. The molecular formula is C16H24N2O2. The smallest absolute Gasteiger partial charge is 0.407 e. The second-order valence-electron chi connectivity index (χ2n) is 6.58. The fraction of sp³-hybridized carbons (Fsp3) is 0.562. The van der Waals surface area contributed by atoms with E-state index in [1.54, 1.807) is 4.90 Å². The molecule has 4 nitrogen and oxygen atoms in total. The summed E-state index contributed by atoms with van der Waals surface area (Å²) in [7, 11) is 0. The average Bonchev–Trinajstić information content (AvgIpc) is 2.38. The molecule has 1 aliphatic heterocycles. The zero-order valence-corrected chi connectivity index (χ0v) is 12.5. The van der Waals surface area contributed by atoms with Gasteiger partial charge in [-0.15, -0.1) is 0 Å². The summed E-state index contributed by atoms with van der Waals surface area (Å²) in [6.07, 6.45) is -0.802. The van der Waals surface area contributed by atoms with Crippen molar-refractivity contribution >= 4 is 6.09 Å². The monoisotopic (exact) mass is 276 g/mol. The molecule has 0 aromatic heterocycles. The van der Waals surface area contributed by atoms with Gasteiger partial charge in [0.05, 0.1) is 6.04 Å². The summed E-state index contributed by atoms with van der Waals surface area (Å²) in [5, 5.41) is 9.36. The molecule has 2 rings (SSSR count). The predicted molar refractivity (Wildman–Crippen MR) is 79.7 cm³/mol. The van der Waals surface area contributed by atoms with E-state index >= 15 is 0 Å². The van der Waals surface area contributed by atoms with Crippen molar-refractivity contribution in [2.24, 2.45) is 5.41 Å². The fourth-order valence-corrected chi connectivity index (χ4v) is 2.79. The minimum Gasteiger partial charge on any atom is -0.465 e. The number of piperazine rings is 1. The minimum absolute atomic E-state index is 0.0393. The van der Waals surface area contributed by atoms with Crippen LogP contribution in [0.25, 0.3) is 0 Å². The molecule has 1 aromatic carbocycles. The molecule has 0 aliphatic carbocycles. The summed E-state index contributed by atoms with van der Waals surface area (Å²) in [5.41, 5.74) is 1.23. The van der Waals surface area contributed by atoms with Crippen LogP contribution in [0.4, 0.5) is 4.79 Å². The molecule has 1 N–H and O–H groups in total. The zero-order chi connectivity index (χ0) is 14.8. The molecule has 0 spiro atoms. The van der Waals surface area contributed by atoms with E-state index in [1.165, 1.54) is 5.56 Å². The Morgan fingerprint density at radius 3 is 2.45 bits per heavy atom. The van der Waals surface area contributed by atoms with E-state index in [-0.39, 0.29) is 11.5 Å². The Balaban J connectivity index is 2.07. The van der Waals surface area contributed by atoms with Crippen molar-refractivity contribution in [1.82, 2.24) is 9.80 Å². The van der Waals surface area contributed by atoms with Crippen LogP contribution in [0.3, 0.4) is 0 Å². The number of nitrogens with zero attached hydrogens (tertiary/aromatic N) is 2. The Hall–Kier alpha value is -1.55. The lowest BCUT2D eigenvalue weighted by molar-refractivity contribution is 0.0190. The van der Waals surface area contributed by atoms with Crippen molar-refractivity contribution in [3.05, 3.63) is 35.9 Å². The largest absolute Gasteiger partial charge is 0.465 e. The fourth-order valence-electron chi connectivity index (χ4n) is 2.79. The highest BCUT2D eigenvalue weighted by molar-refractivity contribution is 5.65. The van der Waals surface area contributed by atoms with Crippen molar-refractivity contribution in [2.75, 3.05) is 19.6 Å². The Bertz CT molecular complexity index is 453. The third-order valence-corrected chi connectivity index (χ3v) is 3.96. The second-order valence-corrected chi connectivity index (χ2v) is 6.58. The van der Waals surface area contributed by atoms with Crippen LogP contribution in [0.15, 0.2) is 30.3 Å². The van der Waals surface area contributed by atoms with Crippen molar-refractivity contribution in [3.8, 4) is 0 Å². The molecule has 1 saturated heterocycles. The Labute approximate surface area is 121 Å². The SMILES string of the molecule is CC(C)(C)C1CN(Cc2ccccc2)CCN1C(=O)O. The van der Waals surface area contributed by atoms with Crippen LogP contribution in [-0.2, 0) is 6.54 Å². The maximum absolute atomic E-state index is 11.4. The van der Waals surface area contributed by atoms with E-state index in [9.17, 15) is 9.90 Å². The van der Waals surface area contributed by atoms with E-state index < -0.39 is 6.09 Å². The van der Waals surface area contributed by atoms with Gasteiger partial charge in [-0.05, 0) is 11.0 Å². The molecule has 1 unspecified atom stereocenters. The standard InChI is InChI=1S/C16H24N2O2/c1-16(2,3)14-12-17(9-10-18(14)15(19)20)11-13-7-5-4-6-8-13/h4-8,14H,9-12H2,1-3H3,(H,19,20). The van der Waals surface area contributed by atoms with Gasteiger partial charge in [0.2, 0.25) is 0 Å². The van der Waals surface area contributed by atoms with E-state index in [0.717, 1.165) is 19.6 Å². The van der Waals surface area contributed by atoms with Crippen LogP contribution < -0.4 is 0 Å². The third kappa shape index (κ3) is 3.51. The van der Waals surface area contributed by atoms with Gasteiger partial charge in [0.1, 0.15) is 0 Å². The summed E-state index contributed by atoms with van der Waals surface area (Å²) in [6.45, 7) is 9.41. The molecule has 1 atom stereocenters. The van der Waals surface area contributed by atoms with Crippen molar-refractivity contribution in [2.45, 2.75) is 33.4 Å². The van der Waals surface area contributed by atoms with Gasteiger partial charge in [0, 0.05) is 26.2 Å². The second kappa shape index (κ2) is 5.83. The van der Waals surface area contributed by atoms with E-state index in [1.807, 2.05) is 18.2 Å². The van der Waals surface area contributed by atoms with Crippen LogP contribution in [0.1, 0.15) is 26.3 Å². The van der Waals surface area contributed by atoms with Gasteiger partial charge in [-0.25, -0.2) is 4.79 Å². The lowest BCUT2D eigenvalue weighted by Gasteiger charge is -2.46. The van der Waals surface area contributed by atoms with Gasteiger partial charge in [-0.2, -0.15) is 0 Å². The van der Waals surface area contributed by atoms with Crippen LogP contribution in [0.2, 0.25) is 0 Å². The Morgan fingerprint density at radius 2 is 1.90 bits per heavy atom. The number of hydrogen-bond donors (Lipinski definition) is 1. The first kappa shape index (κ1) is 14.9. The van der Waals surface area contributed by atoms with Gasteiger partial charge >= 0.3 is 6.09 Å². The number of amides is 1. The number of carboxylic acid groups (broad SMARTS) is 1. The van der Waals surface area contributed by atoms with E-state index in [4.69, 9.17) is 0 Å². The summed E-state index contributed by atoms with van der Waals surface area (Å²) < 4.78 is 0. The summed E-state index contributed by atoms with van der Waals surface area (Å²) >= 11 is 0. The van der Waals surface area contributed by atoms with Crippen molar-refractivity contribution in [3.63, 3.8) is 0 Å². The highest BCUT2D eigenvalue weighted by Gasteiger charge is 2.37. The van der Waals surface area contributed by atoms with Crippen LogP contribution in [0.5, 0.6) is 0 Å². The predicted octanol–water partition coefficient (Wildman–Crippen LogP) is 2.90. The molecule has 1 heterocycles. The highest BCUT2D eigenvalue weighted by Crippen LogP contribution is 2.28. The molecule has 110 valence electrons. The zero-order valence-electron chi connectivity index (χ0n) is 12.5. The molecule has 0 saturated carbocycles. The quantitative estimate of drug-likeness (QED) is 0.903. The average molecular weight is 276 g/mol. The molecule has 20 heavy (non-hydrogen) atoms. The van der Waals surface area contributed by atoms with E-state index in [0.29, 0.717) is 6.54 Å². The molecular weight excluding hydrogens is 252 g/mol. The van der Waals surface area contributed by atoms with Gasteiger partial charge in [-0.3, -0.25) is 4.90 Å². The molecule has 4 heteroatoms. The van der Waals surface area contributed by atoms with E-state index in [2.05, 4.69) is 37.8 Å². The van der Waals surface area contributed by atoms with Gasteiger partial charge in [0.15, 0.2) is 0 Å². The Morgan fingerprint density at radius 1 is 1.25 bits per heavy atom.